The van der Waals surface area contributed by atoms with Gasteiger partial charge in [0.05, 0.1) is 5.60 Å². The lowest BCUT2D eigenvalue weighted by Crippen LogP contribution is -2.32. The summed E-state index contributed by atoms with van der Waals surface area (Å²) in [6.45, 7) is 4.69. The molecule has 1 aromatic carbocycles. The molecule has 1 atom stereocenters. The maximum absolute atomic E-state index is 12.0. The molecule has 0 aliphatic carbocycles. The summed E-state index contributed by atoms with van der Waals surface area (Å²) in [5, 5.41) is 10.5. The van der Waals surface area contributed by atoms with Crippen LogP contribution in [0.3, 0.4) is 0 Å². The molecule has 2 rings (SSSR count). The second-order valence-electron chi connectivity index (χ2n) is 5.35. The Morgan fingerprint density at radius 1 is 1.53 bits per heavy atom. The fourth-order valence-corrected chi connectivity index (χ4v) is 2.31. The number of likely N-dealkylation sites (tertiary alicyclic amines) is 1. The second-order valence-corrected chi connectivity index (χ2v) is 5.76. The Labute approximate surface area is 118 Å². The summed E-state index contributed by atoms with van der Waals surface area (Å²) in [7, 11) is 0. The summed E-state index contributed by atoms with van der Waals surface area (Å²) < 4.78 is 0. The lowest BCUT2D eigenvalue weighted by Gasteiger charge is -2.17. The summed E-state index contributed by atoms with van der Waals surface area (Å²) in [6, 6.07) is 5.68. The van der Waals surface area contributed by atoms with Crippen molar-refractivity contribution < 1.29 is 9.90 Å². The molecule has 3 nitrogen and oxygen atoms in total. The van der Waals surface area contributed by atoms with Crippen molar-refractivity contribution in [2.45, 2.75) is 25.9 Å². The topological polar surface area (TPSA) is 40.5 Å². The molecule has 0 aromatic heterocycles. The van der Waals surface area contributed by atoms with Gasteiger partial charge in [-0.15, -0.1) is 0 Å². The lowest BCUT2D eigenvalue weighted by molar-refractivity contribution is -0.125. The van der Waals surface area contributed by atoms with Gasteiger partial charge in [0.2, 0.25) is 5.91 Å². The van der Waals surface area contributed by atoms with Crippen LogP contribution in [0.2, 0.25) is 5.02 Å². The second kappa shape index (κ2) is 5.35. The Balaban J connectivity index is 2.02. The maximum atomic E-state index is 12.0. The largest absolute Gasteiger partial charge is 0.388 e. The fraction of sp³-hybridized carbons (Fsp3) is 0.400. The van der Waals surface area contributed by atoms with Gasteiger partial charge in [-0.25, -0.2) is 0 Å². The lowest BCUT2D eigenvalue weighted by atomic mass is 10.1. The standard InChI is InChI=1S/C15H18ClNO2/c1-11-3-4-12(9-13(11)16)5-6-14(18)17-8-7-15(2,19)10-17/h3-6,9,19H,7-8,10H2,1-2H3/b6-5+. The first-order valence-electron chi connectivity index (χ1n) is 6.33. The van der Waals surface area contributed by atoms with Gasteiger partial charge in [0.15, 0.2) is 0 Å². The van der Waals surface area contributed by atoms with Crippen LogP contribution in [0.15, 0.2) is 24.3 Å². The number of benzene rings is 1. The third-order valence-electron chi connectivity index (χ3n) is 3.38. The summed E-state index contributed by atoms with van der Waals surface area (Å²) in [5.74, 6) is -0.0746. The third-order valence-corrected chi connectivity index (χ3v) is 3.78. The number of hydrogen-bond donors (Lipinski definition) is 1. The Kier molecular flexibility index (Phi) is 3.97. The van der Waals surface area contributed by atoms with Gasteiger partial charge in [-0.2, -0.15) is 0 Å². The number of amides is 1. The molecule has 0 spiro atoms. The average Bonchev–Trinajstić information content (AvgIpc) is 2.71. The zero-order valence-corrected chi connectivity index (χ0v) is 11.9. The molecule has 102 valence electrons. The molecule has 4 heteroatoms. The van der Waals surface area contributed by atoms with Crippen molar-refractivity contribution in [3.05, 3.63) is 40.4 Å². The normalized spacial score (nSPS) is 23.3. The van der Waals surface area contributed by atoms with E-state index in [0.717, 1.165) is 11.1 Å². The number of halogens is 1. The Bertz CT molecular complexity index is 523. The number of aryl methyl sites for hydroxylation is 1. The Hall–Kier alpha value is -1.32. The van der Waals surface area contributed by atoms with Crippen molar-refractivity contribution >= 4 is 23.6 Å². The van der Waals surface area contributed by atoms with E-state index >= 15 is 0 Å². The number of carbonyl (C=O) groups is 1. The van der Waals surface area contributed by atoms with Crippen LogP contribution in [0.25, 0.3) is 6.08 Å². The van der Waals surface area contributed by atoms with Crippen molar-refractivity contribution in [2.75, 3.05) is 13.1 Å². The van der Waals surface area contributed by atoms with Crippen LogP contribution in [0.5, 0.6) is 0 Å². The van der Waals surface area contributed by atoms with Gasteiger partial charge in [-0.05, 0) is 43.5 Å². The molecule has 1 aliphatic rings. The van der Waals surface area contributed by atoms with Crippen LogP contribution in [-0.4, -0.2) is 34.6 Å². The molecule has 1 saturated heterocycles. The van der Waals surface area contributed by atoms with E-state index in [4.69, 9.17) is 11.6 Å². The molecule has 1 N–H and O–H groups in total. The van der Waals surface area contributed by atoms with Gasteiger partial charge in [-0.3, -0.25) is 4.79 Å². The molecule has 1 fully saturated rings. The van der Waals surface area contributed by atoms with Crippen molar-refractivity contribution in [1.82, 2.24) is 4.90 Å². The minimum atomic E-state index is -0.753. The van der Waals surface area contributed by atoms with Crippen LogP contribution in [0.4, 0.5) is 0 Å². The van der Waals surface area contributed by atoms with E-state index < -0.39 is 5.60 Å². The minimum absolute atomic E-state index is 0.0746. The number of aliphatic hydroxyl groups is 1. The van der Waals surface area contributed by atoms with Crippen LogP contribution in [0.1, 0.15) is 24.5 Å². The third kappa shape index (κ3) is 3.58. The van der Waals surface area contributed by atoms with E-state index in [0.29, 0.717) is 24.5 Å². The van der Waals surface area contributed by atoms with Gasteiger partial charge >= 0.3 is 0 Å². The average molecular weight is 280 g/mol. The molecule has 1 heterocycles. The SMILES string of the molecule is Cc1ccc(/C=C/C(=O)N2CCC(C)(O)C2)cc1Cl. The van der Waals surface area contributed by atoms with Crippen molar-refractivity contribution in [3.8, 4) is 0 Å². The first kappa shape index (κ1) is 14.1. The molecule has 1 aliphatic heterocycles. The highest BCUT2D eigenvalue weighted by Gasteiger charge is 2.32. The zero-order valence-electron chi connectivity index (χ0n) is 11.2. The number of hydrogen-bond acceptors (Lipinski definition) is 2. The molecule has 0 radical (unpaired) electrons. The Morgan fingerprint density at radius 3 is 2.84 bits per heavy atom. The quantitative estimate of drug-likeness (QED) is 0.846. The maximum Gasteiger partial charge on any atom is 0.246 e. The summed E-state index contributed by atoms with van der Waals surface area (Å²) in [5.41, 5.74) is 1.16. The zero-order chi connectivity index (χ0) is 14.0. The highest BCUT2D eigenvalue weighted by atomic mass is 35.5. The van der Waals surface area contributed by atoms with Gasteiger partial charge < -0.3 is 10.0 Å². The monoisotopic (exact) mass is 279 g/mol. The molecule has 1 aromatic rings. The van der Waals surface area contributed by atoms with Crippen LogP contribution in [0, 0.1) is 6.92 Å². The van der Waals surface area contributed by atoms with E-state index in [-0.39, 0.29) is 5.91 Å². The first-order chi connectivity index (χ1) is 8.87. The van der Waals surface area contributed by atoms with Gasteiger partial charge in [0.1, 0.15) is 0 Å². The van der Waals surface area contributed by atoms with Crippen molar-refractivity contribution in [1.29, 1.82) is 0 Å². The van der Waals surface area contributed by atoms with Crippen molar-refractivity contribution in [2.24, 2.45) is 0 Å². The van der Waals surface area contributed by atoms with E-state index in [9.17, 15) is 9.90 Å². The van der Waals surface area contributed by atoms with Crippen LogP contribution >= 0.6 is 11.6 Å². The van der Waals surface area contributed by atoms with Gasteiger partial charge in [0, 0.05) is 24.2 Å². The molecular formula is C15H18ClNO2. The van der Waals surface area contributed by atoms with E-state index in [1.165, 1.54) is 6.08 Å². The molecule has 0 saturated carbocycles. The number of β-amino-alcohol motifs (C(OH)–C–C–N with tert-alkyl or cyclic N) is 1. The van der Waals surface area contributed by atoms with E-state index in [2.05, 4.69) is 0 Å². The van der Waals surface area contributed by atoms with Crippen LogP contribution < -0.4 is 0 Å². The summed E-state index contributed by atoms with van der Waals surface area (Å²) in [6.07, 6.45) is 3.91. The van der Waals surface area contributed by atoms with Gasteiger partial charge in [0.25, 0.3) is 0 Å². The highest BCUT2D eigenvalue weighted by Crippen LogP contribution is 2.21. The fourth-order valence-electron chi connectivity index (χ4n) is 2.12. The predicted molar refractivity (Wildman–Crippen MR) is 77.0 cm³/mol. The summed E-state index contributed by atoms with van der Waals surface area (Å²) in [4.78, 5) is 13.6. The molecule has 1 amide bonds. The van der Waals surface area contributed by atoms with Gasteiger partial charge in [-0.1, -0.05) is 23.7 Å². The molecule has 1 unspecified atom stereocenters. The number of rotatable bonds is 2. The Morgan fingerprint density at radius 2 is 2.26 bits per heavy atom. The molecule has 19 heavy (non-hydrogen) atoms. The van der Waals surface area contributed by atoms with Crippen LogP contribution in [-0.2, 0) is 4.79 Å². The smallest absolute Gasteiger partial charge is 0.246 e. The van der Waals surface area contributed by atoms with Crippen molar-refractivity contribution in [3.63, 3.8) is 0 Å². The van der Waals surface area contributed by atoms with E-state index in [1.54, 1.807) is 17.9 Å². The first-order valence-corrected chi connectivity index (χ1v) is 6.71. The highest BCUT2D eigenvalue weighted by molar-refractivity contribution is 6.31. The molecular weight excluding hydrogens is 262 g/mol. The van der Waals surface area contributed by atoms with E-state index in [1.807, 2.05) is 25.1 Å². The summed E-state index contributed by atoms with van der Waals surface area (Å²) >= 11 is 6.03. The number of carbonyl (C=O) groups excluding carboxylic acids is 1. The predicted octanol–water partition coefficient (Wildman–Crippen LogP) is 2.64. The minimum Gasteiger partial charge on any atom is -0.388 e. The number of nitrogens with zero attached hydrogens (tertiary/aromatic N) is 1. The molecule has 0 bridgehead atoms.